The lowest BCUT2D eigenvalue weighted by Crippen LogP contribution is -2.15. The molecular formula is C21H21ClN4O3S. The fraction of sp³-hybridized carbons (Fsp3) is 0.286. The number of fused-ring (bicyclic) bond motifs is 1. The van der Waals surface area contributed by atoms with Crippen molar-refractivity contribution in [3.8, 4) is 22.9 Å². The van der Waals surface area contributed by atoms with Crippen LogP contribution in [0.1, 0.15) is 12.0 Å². The van der Waals surface area contributed by atoms with Crippen molar-refractivity contribution in [2.45, 2.75) is 18.5 Å². The van der Waals surface area contributed by atoms with Crippen LogP contribution in [0.5, 0.6) is 11.5 Å². The summed E-state index contributed by atoms with van der Waals surface area (Å²) in [6.45, 7) is 3.17. The number of nitrogens with zero attached hydrogens (tertiary/aromatic N) is 3. The number of hydrogen-bond acceptors (Lipinski definition) is 6. The molecule has 1 amide bonds. The van der Waals surface area contributed by atoms with Gasteiger partial charge in [0, 0.05) is 31.2 Å². The van der Waals surface area contributed by atoms with Gasteiger partial charge in [0.25, 0.3) is 0 Å². The molecular weight excluding hydrogens is 424 g/mol. The molecule has 2 aromatic carbocycles. The Bertz CT molecular complexity index is 1090. The highest BCUT2D eigenvalue weighted by Crippen LogP contribution is 2.37. The molecule has 7 nitrogen and oxygen atoms in total. The van der Waals surface area contributed by atoms with Gasteiger partial charge < -0.3 is 19.4 Å². The summed E-state index contributed by atoms with van der Waals surface area (Å²) in [6.07, 6.45) is 0.798. The van der Waals surface area contributed by atoms with E-state index in [4.69, 9.17) is 21.1 Å². The van der Waals surface area contributed by atoms with E-state index in [2.05, 4.69) is 15.5 Å². The first-order valence-electron chi connectivity index (χ1n) is 9.50. The van der Waals surface area contributed by atoms with Crippen LogP contribution in [-0.4, -0.2) is 39.6 Å². The smallest absolute Gasteiger partial charge is 0.234 e. The van der Waals surface area contributed by atoms with Crippen LogP contribution in [0, 0.1) is 6.92 Å². The van der Waals surface area contributed by atoms with Crippen molar-refractivity contribution in [3.63, 3.8) is 0 Å². The number of halogens is 1. The SMILES string of the molecule is Cc1ccccc1-c1nnc(SCC(=O)Nc2cc3c(cc2Cl)OCCCO3)n1C. The van der Waals surface area contributed by atoms with Crippen molar-refractivity contribution < 1.29 is 14.3 Å². The summed E-state index contributed by atoms with van der Waals surface area (Å²) in [5, 5.41) is 12.4. The van der Waals surface area contributed by atoms with Gasteiger partial charge in [-0.15, -0.1) is 10.2 Å². The quantitative estimate of drug-likeness (QED) is 0.590. The topological polar surface area (TPSA) is 78.3 Å². The van der Waals surface area contributed by atoms with Crippen LogP contribution in [0.25, 0.3) is 11.4 Å². The minimum atomic E-state index is -0.197. The van der Waals surface area contributed by atoms with Gasteiger partial charge in [0.2, 0.25) is 5.91 Å². The number of aryl methyl sites for hydroxylation is 1. The Morgan fingerprint density at radius 2 is 1.93 bits per heavy atom. The van der Waals surface area contributed by atoms with E-state index in [0.29, 0.717) is 40.6 Å². The van der Waals surface area contributed by atoms with Gasteiger partial charge >= 0.3 is 0 Å². The van der Waals surface area contributed by atoms with E-state index in [1.165, 1.54) is 11.8 Å². The molecule has 9 heteroatoms. The van der Waals surface area contributed by atoms with E-state index in [9.17, 15) is 4.79 Å². The molecule has 1 aliphatic heterocycles. The average molecular weight is 445 g/mol. The Hall–Kier alpha value is -2.71. The summed E-state index contributed by atoms with van der Waals surface area (Å²) >= 11 is 7.62. The van der Waals surface area contributed by atoms with Crippen LogP contribution >= 0.6 is 23.4 Å². The van der Waals surface area contributed by atoms with Gasteiger partial charge in [-0.1, -0.05) is 47.6 Å². The summed E-state index contributed by atoms with van der Waals surface area (Å²) in [5.41, 5.74) is 2.62. The Labute approximate surface area is 183 Å². The van der Waals surface area contributed by atoms with Crippen molar-refractivity contribution in [3.05, 3.63) is 47.0 Å². The van der Waals surface area contributed by atoms with Crippen molar-refractivity contribution in [1.82, 2.24) is 14.8 Å². The molecule has 156 valence electrons. The van der Waals surface area contributed by atoms with Crippen LogP contribution in [0.3, 0.4) is 0 Å². The van der Waals surface area contributed by atoms with Crippen molar-refractivity contribution in [2.24, 2.45) is 7.05 Å². The first-order valence-corrected chi connectivity index (χ1v) is 10.9. The molecule has 2 heterocycles. The van der Waals surface area contributed by atoms with Crippen LogP contribution < -0.4 is 14.8 Å². The number of carbonyl (C=O) groups is 1. The number of rotatable bonds is 5. The first-order chi connectivity index (χ1) is 14.5. The molecule has 4 rings (SSSR count). The highest BCUT2D eigenvalue weighted by Gasteiger charge is 2.17. The molecule has 0 saturated carbocycles. The van der Waals surface area contributed by atoms with Gasteiger partial charge in [0.1, 0.15) is 0 Å². The molecule has 0 radical (unpaired) electrons. The number of ether oxygens (including phenoxy) is 2. The minimum absolute atomic E-state index is 0.171. The number of thioether (sulfide) groups is 1. The summed E-state index contributed by atoms with van der Waals surface area (Å²) in [7, 11) is 1.89. The highest BCUT2D eigenvalue weighted by molar-refractivity contribution is 7.99. The molecule has 0 unspecified atom stereocenters. The Morgan fingerprint density at radius 1 is 1.20 bits per heavy atom. The van der Waals surface area contributed by atoms with Crippen molar-refractivity contribution in [2.75, 3.05) is 24.3 Å². The van der Waals surface area contributed by atoms with E-state index in [1.807, 2.05) is 42.8 Å². The maximum absolute atomic E-state index is 12.5. The predicted molar refractivity (Wildman–Crippen MR) is 118 cm³/mol. The molecule has 0 saturated heterocycles. The second-order valence-corrected chi connectivity index (χ2v) is 8.20. The summed E-state index contributed by atoms with van der Waals surface area (Å²) in [5.74, 6) is 1.91. The van der Waals surface area contributed by atoms with E-state index in [0.717, 1.165) is 23.4 Å². The first kappa shape index (κ1) is 20.6. The fourth-order valence-electron chi connectivity index (χ4n) is 3.10. The van der Waals surface area contributed by atoms with E-state index < -0.39 is 0 Å². The Kier molecular flexibility index (Phi) is 6.15. The van der Waals surface area contributed by atoms with Crippen LogP contribution in [0.15, 0.2) is 41.6 Å². The molecule has 1 aromatic heterocycles. The predicted octanol–water partition coefficient (Wildman–Crippen LogP) is 4.34. The highest BCUT2D eigenvalue weighted by atomic mass is 35.5. The lowest BCUT2D eigenvalue weighted by atomic mass is 10.1. The summed E-state index contributed by atoms with van der Waals surface area (Å²) in [4.78, 5) is 12.5. The van der Waals surface area contributed by atoms with Crippen molar-refractivity contribution in [1.29, 1.82) is 0 Å². The van der Waals surface area contributed by atoms with E-state index >= 15 is 0 Å². The average Bonchev–Trinajstić information content (AvgIpc) is 2.93. The van der Waals surface area contributed by atoms with Gasteiger partial charge in [-0.2, -0.15) is 0 Å². The van der Waals surface area contributed by atoms with Gasteiger partial charge in [0.15, 0.2) is 22.5 Å². The molecule has 1 N–H and O–H groups in total. The molecule has 0 bridgehead atoms. The van der Waals surface area contributed by atoms with Crippen LogP contribution in [-0.2, 0) is 11.8 Å². The zero-order valence-corrected chi connectivity index (χ0v) is 18.2. The maximum atomic E-state index is 12.5. The molecule has 3 aromatic rings. The third-order valence-electron chi connectivity index (χ3n) is 4.66. The van der Waals surface area contributed by atoms with Crippen LogP contribution in [0.2, 0.25) is 5.02 Å². The fourth-order valence-corrected chi connectivity index (χ4v) is 4.01. The molecule has 0 spiro atoms. The number of nitrogens with one attached hydrogen (secondary N) is 1. The largest absolute Gasteiger partial charge is 0.490 e. The van der Waals surface area contributed by atoms with Gasteiger partial charge in [-0.25, -0.2) is 0 Å². The number of hydrogen-bond donors (Lipinski definition) is 1. The van der Waals surface area contributed by atoms with Gasteiger partial charge in [0.05, 0.1) is 29.7 Å². The lowest BCUT2D eigenvalue weighted by molar-refractivity contribution is -0.113. The van der Waals surface area contributed by atoms with Gasteiger partial charge in [-0.05, 0) is 12.5 Å². The zero-order valence-electron chi connectivity index (χ0n) is 16.6. The normalized spacial score (nSPS) is 13.0. The molecule has 0 fully saturated rings. The number of carbonyl (C=O) groups excluding carboxylic acids is 1. The van der Waals surface area contributed by atoms with Crippen LogP contribution in [0.4, 0.5) is 5.69 Å². The molecule has 1 aliphatic rings. The number of anilines is 1. The van der Waals surface area contributed by atoms with E-state index in [1.54, 1.807) is 12.1 Å². The lowest BCUT2D eigenvalue weighted by Gasteiger charge is -2.12. The number of aromatic nitrogens is 3. The Balaban J connectivity index is 1.43. The van der Waals surface area contributed by atoms with Crippen molar-refractivity contribution >= 4 is 35.0 Å². The maximum Gasteiger partial charge on any atom is 0.234 e. The number of amides is 1. The third-order valence-corrected chi connectivity index (χ3v) is 6.00. The van der Waals surface area contributed by atoms with E-state index in [-0.39, 0.29) is 11.7 Å². The summed E-state index contributed by atoms with van der Waals surface area (Å²) in [6, 6.07) is 11.4. The standard InChI is InChI=1S/C21H21ClN4O3S/c1-13-6-3-4-7-14(13)20-24-25-21(26(20)2)30-12-19(27)23-16-11-18-17(10-15(16)22)28-8-5-9-29-18/h3-4,6-7,10-11H,5,8-9,12H2,1-2H3,(H,23,27). The number of benzene rings is 2. The molecule has 0 atom stereocenters. The monoisotopic (exact) mass is 444 g/mol. The third kappa shape index (κ3) is 4.39. The minimum Gasteiger partial charge on any atom is -0.490 e. The second-order valence-electron chi connectivity index (χ2n) is 6.85. The Morgan fingerprint density at radius 3 is 2.70 bits per heavy atom. The summed E-state index contributed by atoms with van der Waals surface area (Å²) < 4.78 is 13.2. The van der Waals surface area contributed by atoms with Gasteiger partial charge in [-0.3, -0.25) is 4.79 Å². The molecule has 0 aliphatic carbocycles. The zero-order chi connectivity index (χ0) is 21.1. The molecule has 30 heavy (non-hydrogen) atoms. The second kappa shape index (κ2) is 8.97.